The quantitative estimate of drug-likeness (QED) is 0.695. The summed E-state index contributed by atoms with van der Waals surface area (Å²) < 4.78 is 22.6. The molecule has 1 atom stereocenters. The summed E-state index contributed by atoms with van der Waals surface area (Å²) in [6.45, 7) is 4.00. The van der Waals surface area contributed by atoms with Crippen LogP contribution in [0.2, 0.25) is 0 Å². The van der Waals surface area contributed by atoms with E-state index in [1.54, 1.807) is 6.92 Å². The third-order valence-corrected chi connectivity index (χ3v) is 4.90. The van der Waals surface area contributed by atoms with E-state index in [1.165, 1.54) is 0 Å². The highest BCUT2D eigenvalue weighted by Gasteiger charge is 2.34. The second-order valence-corrected chi connectivity index (χ2v) is 6.96. The maximum absolute atomic E-state index is 11.3. The predicted molar refractivity (Wildman–Crippen MR) is 60.6 cm³/mol. The van der Waals surface area contributed by atoms with Gasteiger partial charge < -0.3 is 10.4 Å². The first-order valence-electron chi connectivity index (χ1n) is 5.53. The maximum Gasteiger partial charge on any atom is 0.151 e. The van der Waals surface area contributed by atoms with Crippen LogP contribution >= 0.6 is 0 Å². The van der Waals surface area contributed by atoms with Crippen LogP contribution < -0.4 is 5.32 Å². The van der Waals surface area contributed by atoms with E-state index in [-0.39, 0.29) is 17.5 Å². The number of nitrogens with one attached hydrogen (secondary N) is 1. The molecule has 0 spiro atoms. The summed E-state index contributed by atoms with van der Waals surface area (Å²) in [6, 6.07) is -0.0837. The smallest absolute Gasteiger partial charge is 0.151 e. The molecule has 0 aromatic heterocycles. The minimum absolute atomic E-state index is 0.0837. The van der Waals surface area contributed by atoms with Crippen molar-refractivity contribution in [2.24, 2.45) is 0 Å². The molecule has 0 aliphatic heterocycles. The summed E-state index contributed by atoms with van der Waals surface area (Å²) in [5.74, 6) is 0.336. The van der Waals surface area contributed by atoms with Crippen LogP contribution in [0.25, 0.3) is 0 Å². The molecule has 1 saturated carbocycles. The van der Waals surface area contributed by atoms with Gasteiger partial charge in [-0.1, -0.05) is 6.92 Å². The molecule has 1 aliphatic rings. The monoisotopic (exact) mass is 235 g/mol. The number of sulfone groups is 1. The number of rotatable bonds is 6. The van der Waals surface area contributed by atoms with Gasteiger partial charge in [-0.15, -0.1) is 0 Å². The van der Waals surface area contributed by atoms with Crippen LogP contribution in [0, 0.1) is 0 Å². The van der Waals surface area contributed by atoms with Gasteiger partial charge in [0.1, 0.15) is 0 Å². The normalized spacial score (nSPS) is 22.1. The SMILES string of the molecule is CCS(=O)(=O)CC(C)NCC1(O)CCC1. The lowest BCUT2D eigenvalue weighted by Gasteiger charge is -2.37. The molecule has 0 aromatic carbocycles. The highest BCUT2D eigenvalue weighted by Crippen LogP contribution is 2.30. The molecule has 1 rings (SSSR count). The molecule has 0 radical (unpaired) electrons. The van der Waals surface area contributed by atoms with Gasteiger partial charge in [-0.05, 0) is 26.2 Å². The van der Waals surface area contributed by atoms with Gasteiger partial charge in [-0.3, -0.25) is 0 Å². The fraction of sp³-hybridized carbons (Fsp3) is 1.00. The number of hydrogen-bond acceptors (Lipinski definition) is 4. The van der Waals surface area contributed by atoms with E-state index < -0.39 is 15.4 Å². The Morgan fingerprint density at radius 1 is 1.47 bits per heavy atom. The lowest BCUT2D eigenvalue weighted by atomic mass is 9.80. The van der Waals surface area contributed by atoms with Crippen molar-refractivity contribution in [2.75, 3.05) is 18.1 Å². The topological polar surface area (TPSA) is 66.4 Å². The van der Waals surface area contributed by atoms with Gasteiger partial charge in [0.2, 0.25) is 0 Å². The van der Waals surface area contributed by atoms with Gasteiger partial charge in [0.25, 0.3) is 0 Å². The van der Waals surface area contributed by atoms with Gasteiger partial charge >= 0.3 is 0 Å². The Balaban J connectivity index is 2.27. The summed E-state index contributed by atoms with van der Waals surface area (Å²) in [6.07, 6.45) is 2.72. The fourth-order valence-electron chi connectivity index (χ4n) is 1.68. The van der Waals surface area contributed by atoms with Gasteiger partial charge in [-0.25, -0.2) is 8.42 Å². The lowest BCUT2D eigenvalue weighted by Crippen LogP contribution is -2.49. The first-order chi connectivity index (χ1) is 6.87. The Kier molecular flexibility index (Phi) is 4.14. The van der Waals surface area contributed by atoms with Crippen LogP contribution in [0.3, 0.4) is 0 Å². The first-order valence-corrected chi connectivity index (χ1v) is 7.35. The van der Waals surface area contributed by atoms with Crippen LogP contribution in [0.15, 0.2) is 0 Å². The minimum atomic E-state index is -2.92. The minimum Gasteiger partial charge on any atom is -0.389 e. The van der Waals surface area contributed by atoms with E-state index in [0.29, 0.717) is 6.54 Å². The van der Waals surface area contributed by atoms with Crippen molar-refractivity contribution in [3.05, 3.63) is 0 Å². The van der Waals surface area contributed by atoms with E-state index >= 15 is 0 Å². The molecule has 1 aliphatic carbocycles. The van der Waals surface area contributed by atoms with Crippen LogP contribution in [-0.2, 0) is 9.84 Å². The average molecular weight is 235 g/mol. The fourth-order valence-corrected chi connectivity index (χ4v) is 2.80. The highest BCUT2D eigenvalue weighted by atomic mass is 32.2. The van der Waals surface area contributed by atoms with E-state index in [9.17, 15) is 13.5 Å². The Bertz CT molecular complexity index is 296. The Labute approximate surface area is 92.0 Å². The van der Waals surface area contributed by atoms with Crippen molar-refractivity contribution < 1.29 is 13.5 Å². The van der Waals surface area contributed by atoms with E-state index in [1.807, 2.05) is 6.92 Å². The van der Waals surface area contributed by atoms with Gasteiger partial charge in [-0.2, -0.15) is 0 Å². The molecule has 90 valence electrons. The molecule has 0 saturated heterocycles. The Morgan fingerprint density at radius 2 is 2.07 bits per heavy atom. The highest BCUT2D eigenvalue weighted by molar-refractivity contribution is 7.91. The van der Waals surface area contributed by atoms with Crippen molar-refractivity contribution in [1.82, 2.24) is 5.32 Å². The molecule has 0 aromatic rings. The molecular formula is C10H21NO3S. The largest absolute Gasteiger partial charge is 0.389 e. The molecule has 0 bridgehead atoms. The summed E-state index contributed by atoms with van der Waals surface area (Å²) in [4.78, 5) is 0. The zero-order valence-electron chi connectivity index (χ0n) is 9.49. The van der Waals surface area contributed by atoms with Crippen molar-refractivity contribution in [1.29, 1.82) is 0 Å². The standard InChI is InChI=1S/C10H21NO3S/c1-3-15(13,14)7-9(2)11-8-10(12)5-4-6-10/h9,11-12H,3-8H2,1-2H3. The third-order valence-electron chi connectivity index (χ3n) is 3.01. The van der Waals surface area contributed by atoms with Crippen LogP contribution in [0.1, 0.15) is 33.1 Å². The Hall–Kier alpha value is -0.130. The van der Waals surface area contributed by atoms with E-state index in [0.717, 1.165) is 19.3 Å². The van der Waals surface area contributed by atoms with Crippen LogP contribution in [0.4, 0.5) is 0 Å². The van der Waals surface area contributed by atoms with E-state index in [2.05, 4.69) is 5.32 Å². The van der Waals surface area contributed by atoms with Gasteiger partial charge in [0, 0.05) is 18.3 Å². The third kappa shape index (κ3) is 4.09. The Morgan fingerprint density at radius 3 is 2.47 bits per heavy atom. The molecule has 0 amide bonds. The zero-order chi connectivity index (χ0) is 11.5. The van der Waals surface area contributed by atoms with Crippen LogP contribution in [-0.4, -0.2) is 43.2 Å². The number of hydrogen-bond donors (Lipinski definition) is 2. The molecular weight excluding hydrogens is 214 g/mol. The number of aliphatic hydroxyl groups is 1. The van der Waals surface area contributed by atoms with Crippen molar-refractivity contribution in [3.8, 4) is 0 Å². The van der Waals surface area contributed by atoms with E-state index in [4.69, 9.17) is 0 Å². The summed E-state index contributed by atoms with van der Waals surface area (Å²) in [5.41, 5.74) is -0.579. The van der Waals surface area contributed by atoms with Gasteiger partial charge in [0.05, 0.1) is 11.4 Å². The average Bonchev–Trinajstić information content (AvgIpc) is 2.11. The van der Waals surface area contributed by atoms with Crippen LogP contribution in [0.5, 0.6) is 0 Å². The summed E-state index contributed by atoms with van der Waals surface area (Å²) in [5, 5.41) is 12.9. The summed E-state index contributed by atoms with van der Waals surface area (Å²) in [7, 11) is -2.92. The molecule has 1 fully saturated rings. The molecule has 2 N–H and O–H groups in total. The molecule has 1 unspecified atom stereocenters. The molecule has 4 nitrogen and oxygen atoms in total. The lowest BCUT2D eigenvalue weighted by molar-refractivity contribution is -0.0324. The predicted octanol–water partition coefficient (Wildman–Crippen LogP) is 0.314. The second-order valence-electron chi connectivity index (χ2n) is 4.56. The molecule has 15 heavy (non-hydrogen) atoms. The molecule has 0 heterocycles. The zero-order valence-corrected chi connectivity index (χ0v) is 10.3. The first kappa shape index (κ1) is 12.9. The van der Waals surface area contributed by atoms with Crippen molar-refractivity contribution in [2.45, 2.75) is 44.8 Å². The maximum atomic E-state index is 11.3. The van der Waals surface area contributed by atoms with Gasteiger partial charge in [0.15, 0.2) is 9.84 Å². The summed E-state index contributed by atoms with van der Waals surface area (Å²) >= 11 is 0. The second kappa shape index (κ2) is 4.80. The van der Waals surface area contributed by atoms with Crippen molar-refractivity contribution in [3.63, 3.8) is 0 Å². The molecule has 5 heteroatoms. The van der Waals surface area contributed by atoms with Crippen molar-refractivity contribution >= 4 is 9.84 Å².